The van der Waals surface area contributed by atoms with Crippen molar-refractivity contribution in [3.8, 4) is 17.2 Å². The summed E-state index contributed by atoms with van der Waals surface area (Å²) < 4.78 is 16.0. The molecule has 0 bridgehead atoms. The van der Waals surface area contributed by atoms with Gasteiger partial charge in [-0.25, -0.2) is 0 Å². The summed E-state index contributed by atoms with van der Waals surface area (Å²) in [6.07, 6.45) is 2.53. The van der Waals surface area contributed by atoms with Gasteiger partial charge in [0, 0.05) is 50.0 Å². The Morgan fingerprint density at radius 1 is 1.17 bits per heavy atom. The van der Waals surface area contributed by atoms with Crippen molar-refractivity contribution in [2.75, 3.05) is 39.3 Å². The van der Waals surface area contributed by atoms with E-state index in [1.807, 2.05) is 18.2 Å². The number of benzene rings is 1. The largest absolute Gasteiger partial charge is 0.493 e. The van der Waals surface area contributed by atoms with E-state index in [-0.39, 0.29) is 18.2 Å². The van der Waals surface area contributed by atoms with E-state index >= 15 is 0 Å². The van der Waals surface area contributed by atoms with E-state index in [0.717, 1.165) is 5.69 Å². The summed E-state index contributed by atoms with van der Waals surface area (Å²) in [5.41, 5.74) is 1.52. The zero-order valence-electron chi connectivity index (χ0n) is 16.8. The van der Waals surface area contributed by atoms with Gasteiger partial charge in [-0.15, -0.1) is 0 Å². The molecule has 1 aliphatic heterocycles. The predicted octanol–water partition coefficient (Wildman–Crippen LogP) is 1.82. The molecule has 1 saturated heterocycles. The fourth-order valence-corrected chi connectivity index (χ4v) is 3.36. The van der Waals surface area contributed by atoms with Gasteiger partial charge in [0.25, 0.3) is 0 Å². The van der Waals surface area contributed by atoms with Gasteiger partial charge in [-0.3, -0.25) is 14.6 Å². The zero-order chi connectivity index (χ0) is 20.8. The second-order valence-electron chi connectivity index (χ2n) is 6.65. The minimum Gasteiger partial charge on any atom is -0.493 e. The Kier molecular flexibility index (Phi) is 6.54. The Balaban J connectivity index is 1.66. The number of methoxy groups -OCH3 is 3. The fourth-order valence-electron chi connectivity index (χ4n) is 3.36. The monoisotopic (exact) mass is 399 g/mol. The molecule has 1 aromatic carbocycles. The number of anilines is 1. The highest BCUT2D eigenvalue weighted by atomic mass is 16.5. The molecule has 2 heterocycles. The van der Waals surface area contributed by atoms with E-state index in [0.29, 0.717) is 42.4 Å². The van der Waals surface area contributed by atoms with Crippen molar-refractivity contribution >= 4 is 17.5 Å². The Hall–Kier alpha value is -3.29. The van der Waals surface area contributed by atoms with Crippen LogP contribution in [0.5, 0.6) is 17.2 Å². The SMILES string of the molecule is COc1cc(N2C[C@H](C(=O)NCCc3ccccn3)CC2=O)cc(OC)c1OC. The number of aromatic nitrogens is 1. The molecule has 2 amide bonds. The third-order valence-electron chi connectivity index (χ3n) is 4.86. The molecule has 8 nitrogen and oxygen atoms in total. The lowest BCUT2D eigenvalue weighted by molar-refractivity contribution is -0.126. The summed E-state index contributed by atoms with van der Waals surface area (Å²) in [5, 5.41) is 2.90. The Morgan fingerprint density at radius 2 is 1.90 bits per heavy atom. The number of carbonyl (C=O) groups excluding carboxylic acids is 2. The summed E-state index contributed by atoms with van der Waals surface area (Å²) in [4.78, 5) is 30.9. The minimum absolute atomic E-state index is 0.121. The van der Waals surface area contributed by atoms with Crippen molar-refractivity contribution in [1.82, 2.24) is 10.3 Å². The third kappa shape index (κ3) is 4.59. The van der Waals surface area contributed by atoms with Crippen LogP contribution in [0.2, 0.25) is 0 Å². The van der Waals surface area contributed by atoms with E-state index in [2.05, 4.69) is 10.3 Å². The lowest BCUT2D eigenvalue weighted by atomic mass is 10.1. The normalized spacial score (nSPS) is 15.9. The molecule has 1 atom stereocenters. The second-order valence-corrected chi connectivity index (χ2v) is 6.65. The van der Waals surface area contributed by atoms with Gasteiger partial charge in [0.2, 0.25) is 17.6 Å². The summed E-state index contributed by atoms with van der Waals surface area (Å²) in [6.45, 7) is 0.775. The van der Waals surface area contributed by atoms with E-state index in [4.69, 9.17) is 14.2 Å². The van der Waals surface area contributed by atoms with Gasteiger partial charge >= 0.3 is 0 Å². The molecule has 0 radical (unpaired) electrons. The number of ether oxygens (including phenoxy) is 3. The highest BCUT2D eigenvalue weighted by Crippen LogP contribution is 2.42. The number of nitrogens with zero attached hydrogens (tertiary/aromatic N) is 2. The van der Waals surface area contributed by atoms with Crippen molar-refractivity contribution in [1.29, 1.82) is 0 Å². The van der Waals surface area contributed by atoms with Crippen LogP contribution in [0.15, 0.2) is 36.5 Å². The summed E-state index contributed by atoms with van der Waals surface area (Å²) in [6, 6.07) is 9.09. The summed E-state index contributed by atoms with van der Waals surface area (Å²) >= 11 is 0. The van der Waals surface area contributed by atoms with Gasteiger partial charge in [-0.05, 0) is 12.1 Å². The zero-order valence-corrected chi connectivity index (χ0v) is 16.8. The standard InChI is InChI=1S/C21H25N3O5/c1-27-17-11-16(12-18(28-2)20(17)29-3)24-13-14(10-19(24)25)21(26)23-9-7-15-6-4-5-8-22-15/h4-6,8,11-12,14H,7,9-10,13H2,1-3H3,(H,23,26)/t14-/m1/s1. The minimum atomic E-state index is -0.412. The van der Waals surface area contributed by atoms with Crippen LogP contribution in [0.1, 0.15) is 12.1 Å². The maximum absolute atomic E-state index is 12.6. The van der Waals surface area contributed by atoms with Crippen molar-refractivity contribution in [3.63, 3.8) is 0 Å². The van der Waals surface area contributed by atoms with Crippen molar-refractivity contribution in [3.05, 3.63) is 42.2 Å². The van der Waals surface area contributed by atoms with Gasteiger partial charge in [0.05, 0.1) is 32.9 Å². The number of carbonyl (C=O) groups is 2. The Morgan fingerprint density at radius 3 is 2.48 bits per heavy atom. The van der Waals surface area contributed by atoms with Crippen LogP contribution in [0.3, 0.4) is 0 Å². The number of pyridine rings is 1. The molecule has 29 heavy (non-hydrogen) atoms. The van der Waals surface area contributed by atoms with Gasteiger partial charge in [0.15, 0.2) is 11.5 Å². The van der Waals surface area contributed by atoms with E-state index < -0.39 is 5.92 Å². The number of amides is 2. The first kappa shape index (κ1) is 20.4. The first-order chi connectivity index (χ1) is 14.1. The molecule has 0 saturated carbocycles. The average Bonchev–Trinajstić information content (AvgIpc) is 3.15. The number of hydrogen-bond acceptors (Lipinski definition) is 6. The predicted molar refractivity (Wildman–Crippen MR) is 108 cm³/mol. The molecule has 1 aromatic heterocycles. The molecule has 154 valence electrons. The van der Waals surface area contributed by atoms with Crippen LogP contribution in [0.25, 0.3) is 0 Å². The molecule has 8 heteroatoms. The van der Waals surface area contributed by atoms with Crippen LogP contribution in [0, 0.1) is 5.92 Å². The first-order valence-corrected chi connectivity index (χ1v) is 9.35. The highest BCUT2D eigenvalue weighted by molar-refractivity contribution is 6.00. The summed E-state index contributed by atoms with van der Waals surface area (Å²) in [5.74, 6) is 0.698. The van der Waals surface area contributed by atoms with Crippen molar-refractivity contribution in [2.45, 2.75) is 12.8 Å². The lowest BCUT2D eigenvalue weighted by Gasteiger charge is -2.20. The second kappa shape index (κ2) is 9.27. The van der Waals surface area contributed by atoms with Crippen LogP contribution in [-0.4, -0.2) is 51.2 Å². The third-order valence-corrected chi connectivity index (χ3v) is 4.86. The van der Waals surface area contributed by atoms with Crippen LogP contribution in [-0.2, 0) is 16.0 Å². The van der Waals surface area contributed by atoms with E-state index in [9.17, 15) is 9.59 Å². The molecule has 1 fully saturated rings. The highest BCUT2D eigenvalue weighted by Gasteiger charge is 2.35. The maximum Gasteiger partial charge on any atom is 0.227 e. The molecule has 1 aliphatic rings. The molecule has 3 rings (SSSR count). The Bertz CT molecular complexity index is 847. The number of hydrogen-bond donors (Lipinski definition) is 1. The fraction of sp³-hybridized carbons (Fsp3) is 0.381. The van der Waals surface area contributed by atoms with Gasteiger partial charge < -0.3 is 24.4 Å². The topological polar surface area (TPSA) is 90.0 Å². The van der Waals surface area contributed by atoms with Crippen LogP contribution < -0.4 is 24.4 Å². The molecule has 1 N–H and O–H groups in total. The van der Waals surface area contributed by atoms with Crippen LogP contribution >= 0.6 is 0 Å². The number of rotatable bonds is 8. The molecular weight excluding hydrogens is 374 g/mol. The van der Waals surface area contributed by atoms with E-state index in [1.165, 1.54) is 21.3 Å². The average molecular weight is 399 g/mol. The maximum atomic E-state index is 12.6. The van der Waals surface area contributed by atoms with Crippen molar-refractivity contribution < 1.29 is 23.8 Å². The first-order valence-electron chi connectivity index (χ1n) is 9.35. The van der Waals surface area contributed by atoms with E-state index in [1.54, 1.807) is 23.2 Å². The molecule has 2 aromatic rings. The van der Waals surface area contributed by atoms with Crippen LogP contribution in [0.4, 0.5) is 5.69 Å². The molecular formula is C21H25N3O5. The van der Waals surface area contributed by atoms with Gasteiger partial charge in [0.1, 0.15) is 0 Å². The molecule has 0 spiro atoms. The van der Waals surface area contributed by atoms with Crippen molar-refractivity contribution in [2.24, 2.45) is 5.92 Å². The number of nitrogens with one attached hydrogen (secondary N) is 1. The smallest absolute Gasteiger partial charge is 0.227 e. The molecule has 0 aliphatic carbocycles. The van der Waals surface area contributed by atoms with Gasteiger partial charge in [-0.1, -0.05) is 6.07 Å². The molecule has 0 unspecified atom stereocenters. The Labute approximate surface area is 169 Å². The quantitative estimate of drug-likeness (QED) is 0.728. The van der Waals surface area contributed by atoms with Gasteiger partial charge in [-0.2, -0.15) is 0 Å². The lowest BCUT2D eigenvalue weighted by Crippen LogP contribution is -2.34. The summed E-state index contributed by atoms with van der Waals surface area (Å²) in [7, 11) is 4.56.